The number of aromatic nitrogens is 2. The lowest BCUT2D eigenvalue weighted by Crippen LogP contribution is -2.46. The molecule has 1 fully saturated rings. The summed E-state index contributed by atoms with van der Waals surface area (Å²) in [6.07, 6.45) is 1.41. The predicted octanol–water partition coefficient (Wildman–Crippen LogP) is 3.93. The Morgan fingerprint density at radius 2 is 1.65 bits per heavy atom. The third-order valence-corrected chi connectivity index (χ3v) is 5.99. The van der Waals surface area contributed by atoms with Crippen molar-refractivity contribution >= 4 is 23.4 Å². The topological polar surface area (TPSA) is 67.2 Å². The second-order valence-corrected chi connectivity index (χ2v) is 8.16. The van der Waals surface area contributed by atoms with E-state index in [9.17, 15) is 9.59 Å². The Kier molecular flexibility index (Phi) is 6.37. The number of aryl methyl sites for hydroxylation is 1. The van der Waals surface area contributed by atoms with Gasteiger partial charge in [-0.1, -0.05) is 60.1 Å². The highest BCUT2D eigenvalue weighted by atomic mass is 35.5. The zero-order valence-electron chi connectivity index (χ0n) is 17.4. The quantitative estimate of drug-likeness (QED) is 0.659. The first-order valence-corrected chi connectivity index (χ1v) is 10.8. The van der Waals surface area contributed by atoms with Crippen molar-refractivity contribution in [2.24, 2.45) is 0 Å². The first-order chi connectivity index (χ1) is 15.0. The molecule has 0 spiro atoms. The molecular formula is C24H25ClN4O2. The molecule has 0 bridgehead atoms. The smallest absolute Gasteiger partial charge is 0.258 e. The van der Waals surface area contributed by atoms with Crippen LogP contribution >= 0.6 is 11.6 Å². The number of hydrogen-bond donors (Lipinski definition) is 1. The Labute approximate surface area is 186 Å². The molecule has 0 unspecified atom stereocenters. The number of carbonyl (C=O) groups is 2. The summed E-state index contributed by atoms with van der Waals surface area (Å²) in [6, 6.07) is 19.1. The number of likely N-dealkylation sites (tertiary alicyclic amines) is 1. The molecule has 0 aliphatic carbocycles. The minimum absolute atomic E-state index is 0.0501. The molecule has 1 saturated heterocycles. The Balaban J connectivity index is 1.38. The van der Waals surface area contributed by atoms with Gasteiger partial charge in [-0.25, -0.2) is 4.68 Å². The predicted molar refractivity (Wildman–Crippen MR) is 120 cm³/mol. The zero-order valence-corrected chi connectivity index (χ0v) is 18.2. The van der Waals surface area contributed by atoms with Gasteiger partial charge in [0.15, 0.2) is 0 Å². The van der Waals surface area contributed by atoms with Crippen molar-refractivity contribution in [3.05, 3.63) is 88.2 Å². The van der Waals surface area contributed by atoms with Crippen molar-refractivity contribution in [3.63, 3.8) is 0 Å². The molecular weight excluding hydrogens is 412 g/mol. The molecule has 6 nitrogen and oxygen atoms in total. The molecule has 3 aromatic rings. The van der Waals surface area contributed by atoms with Gasteiger partial charge < -0.3 is 10.2 Å². The van der Waals surface area contributed by atoms with Crippen LogP contribution in [0.15, 0.2) is 60.7 Å². The van der Waals surface area contributed by atoms with Crippen LogP contribution in [0.1, 0.15) is 44.8 Å². The lowest BCUT2D eigenvalue weighted by atomic mass is 10.0. The number of nitrogens with zero attached hydrogens (tertiary/aromatic N) is 3. The molecule has 160 valence electrons. The lowest BCUT2D eigenvalue weighted by molar-refractivity contribution is 0.0697. The SMILES string of the molecule is Cc1nn(Cc2ccccc2)c(Cl)c1C(=O)N1CCC(NC(=O)c2ccccc2)CC1. The highest BCUT2D eigenvalue weighted by Crippen LogP contribution is 2.24. The molecule has 0 saturated carbocycles. The van der Waals surface area contributed by atoms with Crippen LogP contribution in [0.5, 0.6) is 0 Å². The number of hydrogen-bond acceptors (Lipinski definition) is 3. The van der Waals surface area contributed by atoms with Crippen molar-refractivity contribution in [2.75, 3.05) is 13.1 Å². The molecule has 1 aromatic heterocycles. The van der Waals surface area contributed by atoms with E-state index in [-0.39, 0.29) is 17.9 Å². The minimum Gasteiger partial charge on any atom is -0.349 e. The van der Waals surface area contributed by atoms with E-state index in [1.807, 2.05) is 55.5 Å². The Hall–Kier alpha value is -3.12. The van der Waals surface area contributed by atoms with E-state index in [1.54, 1.807) is 21.7 Å². The number of piperidine rings is 1. The van der Waals surface area contributed by atoms with Gasteiger partial charge in [0.2, 0.25) is 0 Å². The second-order valence-electron chi connectivity index (χ2n) is 7.80. The van der Waals surface area contributed by atoms with Crippen molar-refractivity contribution in [1.29, 1.82) is 0 Å². The van der Waals surface area contributed by atoms with Crippen LogP contribution in [0, 0.1) is 6.92 Å². The number of amides is 2. The summed E-state index contributed by atoms with van der Waals surface area (Å²) in [6.45, 7) is 3.46. The van der Waals surface area contributed by atoms with E-state index in [1.165, 1.54) is 0 Å². The molecule has 0 atom stereocenters. The van der Waals surface area contributed by atoms with E-state index >= 15 is 0 Å². The van der Waals surface area contributed by atoms with Crippen molar-refractivity contribution in [3.8, 4) is 0 Å². The van der Waals surface area contributed by atoms with E-state index in [0.717, 1.165) is 5.56 Å². The first-order valence-electron chi connectivity index (χ1n) is 10.4. The fourth-order valence-corrected chi connectivity index (χ4v) is 4.22. The third kappa shape index (κ3) is 4.80. The maximum absolute atomic E-state index is 13.2. The van der Waals surface area contributed by atoms with Gasteiger partial charge in [0.1, 0.15) is 5.15 Å². The Morgan fingerprint density at radius 3 is 2.29 bits per heavy atom. The van der Waals surface area contributed by atoms with Crippen molar-refractivity contribution in [1.82, 2.24) is 20.0 Å². The van der Waals surface area contributed by atoms with Gasteiger partial charge in [-0.15, -0.1) is 0 Å². The van der Waals surface area contributed by atoms with Crippen LogP contribution in [-0.2, 0) is 6.54 Å². The van der Waals surface area contributed by atoms with Crippen LogP contribution in [0.4, 0.5) is 0 Å². The summed E-state index contributed by atoms with van der Waals surface area (Å²) in [7, 11) is 0. The lowest BCUT2D eigenvalue weighted by Gasteiger charge is -2.32. The number of rotatable bonds is 5. The summed E-state index contributed by atoms with van der Waals surface area (Å²) in [5.41, 5.74) is 2.81. The average molecular weight is 437 g/mol. The Bertz CT molecular complexity index is 1060. The van der Waals surface area contributed by atoms with E-state index in [0.29, 0.717) is 54.4 Å². The Morgan fingerprint density at radius 1 is 1.03 bits per heavy atom. The fraction of sp³-hybridized carbons (Fsp3) is 0.292. The first kappa shape index (κ1) is 21.1. The molecule has 31 heavy (non-hydrogen) atoms. The van der Waals surface area contributed by atoms with Gasteiger partial charge in [-0.2, -0.15) is 5.10 Å². The average Bonchev–Trinajstić information content (AvgIpc) is 3.07. The molecule has 2 heterocycles. The minimum atomic E-state index is -0.102. The standard InChI is InChI=1S/C24H25ClN4O2/c1-17-21(22(25)29(27-17)16-18-8-4-2-5-9-18)24(31)28-14-12-20(13-15-28)26-23(30)19-10-6-3-7-11-19/h2-11,20H,12-16H2,1H3,(H,26,30). The molecule has 0 radical (unpaired) electrons. The number of carbonyl (C=O) groups excluding carboxylic acids is 2. The summed E-state index contributed by atoms with van der Waals surface area (Å²) >= 11 is 6.55. The second kappa shape index (κ2) is 9.35. The van der Waals surface area contributed by atoms with Crippen LogP contribution in [0.3, 0.4) is 0 Å². The van der Waals surface area contributed by atoms with Crippen LogP contribution in [0.25, 0.3) is 0 Å². The largest absolute Gasteiger partial charge is 0.349 e. The van der Waals surface area contributed by atoms with E-state index in [2.05, 4.69) is 10.4 Å². The van der Waals surface area contributed by atoms with Crippen molar-refractivity contribution < 1.29 is 9.59 Å². The molecule has 1 aliphatic heterocycles. The van der Waals surface area contributed by atoms with Crippen LogP contribution < -0.4 is 5.32 Å². The number of benzene rings is 2. The highest BCUT2D eigenvalue weighted by molar-refractivity contribution is 6.33. The van der Waals surface area contributed by atoms with E-state index in [4.69, 9.17) is 11.6 Å². The van der Waals surface area contributed by atoms with Gasteiger partial charge >= 0.3 is 0 Å². The van der Waals surface area contributed by atoms with Gasteiger partial charge in [0, 0.05) is 24.7 Å². The summed E-state index contributed by atoms with van der Waals surface area (Å²) in [4.78, 5) is 27.3. The third-order valence-electron chi connectivity index (χ3n) is 5.61. The van der Waals surface area contributed by atoms with Gasteiger partial charge in [-0.3, -0.25) is 9.59 Å². The molecule has 4 rings (SSSR count). The maximum atomic E-state index is 13.2. The maximum Gasteiger partial charge on any atom is 0.258 e. The molecule has 2 aromatic carbocycles. The monoisotopic (exact) mass is 436 g/mol. The van der Waals surface area contributed by atoms with Crippen LogP contribution in [-0.4, -0.2) is 45.6 Å². The van der Waals surface area contributed by atoms with Gasteiger partial charge in [-0.05, 0) is 37.5 Å². The van der Waals surface area contributed by atoms with Gasteiger partial charge in [0.05, 0.1) is 17.8 Å². The normalized spacial score (nSPS) is 14.5. The number of nitrogens with one attached hydrogen (secondary N) is 1. The summed E-state index contributed by atoms with van der Waals surface area (Å²) in [5.74, 6) is -0.180. The van der Waals surface area contributed by atoms with Crippen LogP contribution in [0.2, 0.25) is 5.15 Å². The molecule has 1 N–H and O–H groups in total. The molecule has 1 aliphatic rings. The fourth-order valence-electron chi connectivity index (χ4n) is 3.90. The molecule has 7 heteroatoms. The molecule has 2 amide bonds. The zero-order chi connectivity index (χ0) is 21.8. The van der Waals surface area contributed by atoms with Crippen molar-refractivity contribution in [2.45, 2.75) is 32.4 Å². The summed E-state index contributed by atoms with van der Waals surface area (Å²) in [5, 5.41) is 7.93. The summed E-state index contributed by atoms with van der Waals surface area (Å²) < 4.78 is 1.67. The highest BCUT2D eigenvalue weighted by Gasteiger charge is 2.29. The van der Waals surface area contributed by atoms with E-state index < -0.39 is 0 Å². The number of halogens is 1. The van der Waals surface area contributed by atoms with Gasteiger partial charge in [0.25, 0.3) is 11.8 Å².